The highest BCUT2D eigenvalue weighted by atomic mass is 16.5. The molecule has 102 valence electrons. The first-order valence-corrected chi connectivity index (χ1v) is 6.83. The second-order valence-electron chi connectivity index (χ2n) is 5.94. The molecule has 0 aliphatic carbocycles. The highest BCUT2D eigenvalue weighted by molar-refractivity contribution is 5.49. The van der Waals surface area contributed by atoms with Crippen molar-refractivity contribution in [3.05, 3.63) is 24.3 Å². The second kappa shape index (κ2) is 5.52. The highest BCUT2D eigenvalue weighted by Crippen LogP contribution is 2.39. The van der Waals surface area contributed by atoms with E-state index in [4.69, 9.17) is 10.00 Å². The van der Waals surface area contributed by atoms with Gasteiger partial charge in [-0.05, 0) is 42.0 Å². The summed E-state index contributed by atoms with van der Waals surface area (Å²) in [6, 6.07) is 10.5. The van der Waals surface area contributed by atoms with Gasteiger partial charge in [0.05, 0.1) is 13.2 Å². The van der Waals surface area contributed by atoms with Gasteiger partial charge < -0.3 is 9.64 Å². The fourth-order valence-electron chi connectivity index (χ4n) is 2.71. The molecule has 0 spiro atoms. The van der Waals surface area contributed by atoms with E-state index in [2.05, 4.69) is 36.9 Å². The molecule has 1 heterocycles. The van der Waals surface area contributed by atoms with Crippen molar-refractivity contribution in [1.29, 1.82) is 5.26 Å². The average Bonchev–Trinajstić information content (AvgIpc) is 2.41. The third kappa shape index (κ3) is 3.01. The molecule has 1 aromatic carbocycles. The number of methoxy groups -OCH3 is 1. The van der Waals surface area contributed by atoms with Gasteiger partial charge in [0.1, 0.15) is 5.75 Å². The maximum absolute atomic E-state index is 8.99. The SMILES string of the molecule is COc1ccc(N2CCC(C)(C)C(CC#N)C2)cc1. The zero-order valence-corrected chi connectivity index (χ0v) is 12.0. The second-order valence-corrected chi connectivity index (χ2v) is 5.94. The lowest BCUT2D eigenvalue weighted by atomic mass is 9.72. The molecule has 3 heteroatoms. The van der Waals surface area contributed by atoms with Crippen LogP contribution in [-0.2, 0) is 0 Å². The fourth-order valence-corrected chi connectivity index (χ4v) is 2.71. The summed E-state index contributed by atoms with van der Waals surface area (Å²) in [4.78, 5) is 2.38. The maximum atomic E-state index is 8.99. The van der Waals surface area contributed by atoms with Crippen LogP contribution in [0.3, 0.4) is 0 Å². The molecule has 0 N–H and O–H groups in total. The predicted molar refractivity (Wildman–Crippen MR) is 77.3 cm³/mol. The van der Waals surface area contributed by atoms with Gasteiger partial charge in [-0.15, -0.1) is 0 Å². The Kier molecular flexibility index (Phi) is 3.99. The molecule has 3 nitrogen and oxygen atoms in total. The van der Waals surface area contributed by atoms with Crippen LogP contribution in [0.25, 0.3) is 0 Å². The lowest BCUT2D eigenvalue weighted by Gasteiger charge is -2.44. The van der Waals surface area contributed by atoms with E-state index >= 15 is 0 Å². The van der Waals surface area contributed by atoms with Crippen LogP contribution >= 0.6 is 0 Å². The molecule has 2 rings (SSSR count). The van der Waals surface area contributed by atoms with Gasteiger partial charge in [0, 0.05) is 25.2 Å². The van der Waals surface area contributed by atoms with Gasteiger partial charge in [0.15, 0.2) is 0 Å². The molecule has 1 aliphatic heterocycles. The summed E-state index contributed by atoms with van der Waals surface area (Å²) in [7, 11) is 1.68. The van der Waals surface area contributed by atoms with Gasteiger partial charge in [-0.1, -0.05) is 13.8 Å². The Morgan fingerprint density at radius 3 is 2.63 bits per heavy atom. The Bertz CT molecular complexity index is 459. The average molecular weight is 258 g/mol. The molecule has 1 atom stereocenters. The van der Waals surface area contributed by atoms with E-state index in [-0.39, 0.29) is 5.41 Å². The van der Waals surface area contributed by atoms with Crippen molar-refractivity contribution in [2.75, 3.05) is 25.1 Å². The quantitative estimate of drug-likeness (QED) is 0.833. The topological polar surface area (TPSA) is 36.3 Å². The first-order chi connectivity index (χ1) is 9.06. The van der Waals surface area contributed by atoms with E-state index < -0.39 is 0 Å². The number of nitriles is 1. The van der Waals surface area contributed by atoms with Crippen molar-refractivity contribution in [1.82, 2.24) is 0 Å². The van der Waals surface area contributed by atoms with Crippen molar-refractivity contribution in [3.63, 3.8) is 0 Å². The van der Waals surface area contributed by atoms with E-state index in [9.17, 15) is 0 Å². The highest BCUT2D eigenvalue weighted by Gasteiger charge is 2.35. The molecule has 1 unspecified atom stereocenters. The van der Waals surface area contributed by atoms with Crippen LogP contribution in [0.4, 0.5) is 5.69 Å². The van der Waals surface area contributed by atoms with Gasteiger partial charge in [0.25, 0.3) is 0 Å². The molecule has 1 saturated heterocycles. The Morgan fingerprint density at radius 2 is 2.05 bits per heavy atom. The Labute approximate surface area is 115 Å². The van der Waals surface area contributed by atoms with Crippen molar-refractivity contribution in [2.24, 2.45) is 11.3 Å². The monoisotopic (exact) mass is 258 g/mol. The molecule has 0 amide bonds. The number of piperidine rings is 1. The molecule has 0 saturated carbocycles. The van der Waals surface area contributed by atoms with Crippen LogP contribution in [0.15, 0.2) is 24.3 Å². The standard InChI is InChI=1S/C16H22N2O/c1-16(2)9-11-18(12-13(16)8-10-17)14-4-6-15(19-3)7-5-14/h4-7,13H,8-9,11-12H2,1-3H3. The number of anilines is 1. The van der Waals surface area contributed by atoms with E-state index in [1.54, 1.807) is 7.11 Å². The minimum atomic E-state index is 0.263. The third-order valence-corrected chi connectivity index (χ3v) is 4.35. The molecule has 19 heavy (non-hydrogen) atoms. The van der Waals surface area contributed by atoms with Crippen LogP contribution in [0.2, 0.25) is 0 Å². The summed E-state index contributed by atoms with van der Waals surface area (Å²) in [6.45, 7) is 6.58. The number of nitrogens with zero attached hydrogens (tertiary/aromatic N) is 2. The van der Waals surface area contributed by atoms with Crippen LogP contribution in [0.5, 0.6) is 5.75 Å². The first kappa shape index (κ1) is 13.7. The molecular formula is C16H22N2O. The van der Waals surface area contributed by atoms with Crippen molar-refractivity contribution in [2.45, 2.75) is 26.7 Å². The minimum absolute atomic E-state index is 0.263. The lowest BCUT2D eigenvalue weighted by Crippen LogP contribution is -2.44. The zero-order valence-electron chi connectivity index (χ0n) is 12.0. The van der Waals surface area contributed by atoms with Gasteiger partial charge >= 0.3 is 0 Å². The van der Waals surface area contributed by atoms with Crippen LogP contribution in [0.1, 0.15) is 26.7 Å². The number of ether oxygens (including phenoxy) is 1. The Balaban J connectivity index is 2.11. The van der Waals surface area contributed by atoms with Crippen molar-refractivity contribution >= 4 is 5.69 Å². The fraction of sp³-hybridized carbons (Fsp3) is 0.562. The number of hydrogen-bond donors (Lipinski definition) is 0. The summed E-state index contributed by atoms with van der Waals surface area (Å²) in [5.74, 6) is 1.32. The molecule has 1 aromatic rings. The molecule has 1 fully saturated rings. The maximum Gasteiger partial charge on any atom is 0.119 e. The summed E-state index contributed by atoms with van der Waals surface area (Å²) in [5.41, 5.74) is 1.48. The smallest absolute Gasteiger partial charge is 0.119 e. The first-order valence-electron chi connectivity index (χ1n) is 6.83. The van der Waals surface area contributed by atoms with Gasteiger partial charge in [-0.25, -0.2) is 0 Å². The zero-order chi connectivity index (χ0) is 13.9. The van der Waals surface area contributed by atoms with Crippen molar-refractivity contribution < 1.29 is 4.74 Å². The Morgan fingerprint density at radius 1 is 1.37 bits per heavy atom. The summed E-state index contributed by atoms with van der Waals surface area (Å²) in [5, 5.41) is 8.99. The largest absolute Gasteiger partial charge is 0.497 e. The molecular weight excluding hydrogens is 236 g/mol. The predicted octanol–water partition coefficient (Wildman–Crippen LogP) is 3.46. The Hall–Kier alpha value is -1.69. The number of rotatable bonds is 3. The van der Waals surface area contributed by atoms with E-state index in [1.165, 1.54) is 5.69 Å². The minimum Gasteiger partial charge on any atom is -0.497 e. The third-order valence-electron chi connectivity index (χ3n) is 4.35. The normalized spacial score (nSPS) is 21.8. The van der Waals surface area contributed by atoms with E-state index in [1.807, 2.05) is 12.1 Å². The van der Waals surface area contributed by atoms with E-state index in [0.29, 0.717) is 12.3 Å². The molecule has 0 aromatic heterocycles. The van der Waals surface area contributed by atoms with Crippen LogP contribution < -0.4 is 9.64 Å². The molecule has 0 bridgehead atoms. The summed E-state index contributed by atoms with van der Waals surface area (Å²) < 4.78 is 5.19. The summed E-state index contributed by atoms with van der Waals surface area (Å²) in [6.07, 6.45) is 1.77. The number of benzene rings is 1. The van der Waals surface area contributed by atoms with Crippen LogP contribution in [-0.4, -0.2) is 20.2 Å². The van der Waals surface area contributed by atoms with Gasteiger partial charge in [-0.2, -0.15) is 5.26 Å². The van der Waals surface area contributed by atoms with Gasteiger partial charge in [-0.3, -0.25) is 0 Å². The lowest BCUT2D eigenvalue weighted by molar-refractivity contribution is 0.174. The molecule has 1 aliphatic rings. The molecule has 0 radical (unpaired) electrons. The van der Waals surface area contributed by atoms with Crippen LogP contribution in [0, 0.1) is 22.7 Å². The van der Waals surface area contributed by atoms with E-state index in [0.717, 1.165) is 25.3 Å². The van der Waals surface area contributed by atoms with Gasteiger partial charge in [0.2, 0.25) is 0 Å². The number of hydrogen-bond acceptors (Lipinski definition) is 3. The summed E-state index contributed by atoms with van der Waals surface area (Å²) >= 11 is 0. The van der Waals surface area contributed by atoms with Crippen molar-refractivity contribution in [3.8, 4) is 11.8 Å².